The van der Waals surface area contributed by atoms with Gasteiger partial charge in [-0.1, -0.05) is 32.0 Å². The van der Waals surface area contributed by atoms with E-state index in [9.17, 15) is 22.8 Å². The average Bonchev–Trinajstić information content (AvgIpc) is 2.57. The molecule has 0 bridgehead atoms. The number of Topliss-reactive ketones (excluding diaryl/α,β-unsaturated/α-hetero) is 2. The largest absolute Gasteiger partial charge is 0.311 e. The van der Waals surface area contributed by atoms with Crippen molar-refractivity contribution in [2.24, 2.45) is 11.8 Å². The molecule has 2 rings (SSSR count). The number of hydrogen-bond donors (Lipinski definition) is 2. The van der Waals surface area contributed by atoms with E-state index in [1.807, 2.05) is 5.48 Å². The van der Waals surface area contributed by atoms with Gasteiger partial charge in [0.05, 0.1) is 23.5 Å². The molecule has 0 aliphatic carbocycles. The molecule has 1 aromatic carbocycles. The fourth-order valence-corrected chi connectivity index (χ4v) is 3.84. The van der Waals surface area contributed by atoms with Crippen LogP contribution in [0.25, 0.3) is 0 Å². The molecule has 0 spiro atoms. The molecule has 136 valence electrons. The Balaban J connectivity index is 2.13. The molecule has 8 nitrogen and oxygen atoms in total. The van der Waals surface area contributed by atoms with Gasteiger partial charge in [-0.05, 0) is 18.1 Å². The van der Waals surface area contributed by atoms with Crippen LogP contribution in [0, 0.1) is 11.8 Å². The van der Waals surface area contributed by atoms with Gasteiger partial charge in [-0.25, -0.2) is 18.6 Å². The zero-order chi connectivity index (χ0) is 18.6. The lowest BCUT2D eigenvalue weighted by molar-refractivity contribution is -0.158. The van der Waals surface area contributed by atoms with Crippen molar-refractivity contribution in [3.63, 3.8) is 0 Å². The van der Waals surface area contributed by atoms with Crippen molar-refractivity contribution in [1.82, 2.24) is 10.2 Å². The quantitative estimate of drug-likeness (QED) is 0.664. The van der Waals surface area contributed by atoms with E-state index in [4.69, 9.17) is 4.84 Å². The molecule has 1 aromatic rings. The van der Waals surface area contributed by atoms with Crippen molar-refractivity contribution in [2.75, 3.05) is 6.61 Å². The van der Waals surface area contributed by atoms with E-state index in [0.29, 0.717) is 0 Å². The minimum atomic E-state index is -3.88. The minimum Gasteiger partial charge on any atom is -0.298 e. The minimum absolute atomic E-state index is 0.0462. The number of carbonyl (C=O) groups excluding carboxylic acids is 3. The predicted octanol–water partition coefficient (Wildman–Crippen LogP) is 0.195. The lowest BCUT2D eigenvalue weighted by Crippen LogP contribution is -2.48. The summed E-state index contributed by atoms with van der Waals surface area (Å²) in [5.41, 5.74) is 1.94. The van der Waals surface area contributed by atoms with E-state index >= 15 is 0 Å². The van der Waals surface area contributed by atoms with E-state index in [2.05, 4.69) is 4.72 Å². The molecule has 1 saturated heterocycles. The molecule has 1 aliphatic rings. The van der Waals surface area contributed by atoms with Crippen molar-refractivity contribution in [1.29, 1.82) is 0 Å². The van der Waals surface area contributed by atoms with Gasteiger partial charge in [0.1, 0.15) is 0 Å². The molecule has 2 N–H and O–H groups in total. The molecule has 1 fully saturated rings. The van der Waals surface area contributed by atoms with Crippen LogP contribution in [0.4, 0.5) is 0 Å². The maximum absolute atomic E-state index is 12.5. The summed E-state index contributed by atoms with van der Waals surface area (Å²) < 4.78 is 27.3. The van der Waals surface area contributed by atoms with Gasteiger partial charge in [0.25, 0.3) is 0 Å². The van der Waals surface area contributed by atoms with Crippen LogP contribution >= 0.6 is 0 Å². The van der Waals surface area contributed by atoms with E-state index in [0.717, 1.165) is 0 Å². The predicted molar refractivity (Wildman–Crippen MR) is 87.6 cm³/mol. The maximum atomic E-state index is 12.5. The van der Waals surface area contributed by atoms with Gasteiger partial charge in [-0.15, -0.1) is 0 Å². The summed E-state index contributed by atoms with van der Waals surface area (Å²) in [7, 11) is -3.88. The number of amides is 1. The fourth-order valence-electron chi connectivity index (χ4n) is 2.45. The molecule has 2 unspecified atom stereocenters. The third kappa shape index (κ3) is 4.71. The Hall–Kier alpha value is -2.10. The van der Waals surface area contributed by atoms with Crippen LogP contribution in [-0.4, -0.2) is 38.5 Å². The Labute approximate surface area is 145 Å². The van der Waals surface area contributed by atoms with Crippen molar-refractivity contribution in [3.05, 3.63) is 30.3 Å². The number of carbonyl (C=O) groups is 3. The van der Waals surface area contributed by atoms with Gasteiger partial charge in [0, 0.05) is 6.42 Å². The average molecular weight is 368 g/mol. The van der Waals surface area contributed by atoms with E-state index < -0.39 is 39.5 Å². The molecule has 1 amide bonds. The Morgan fingerprint density at radius 3 is 2.52 bits per heavy atom. The first-order chi connectivity index (χ1) is 11.7. The van der Waals surface area contributed by atoms with Crippen molar-refractivity contribution in [2.45, 2.75) is 31.2 Å². The smallest absolute Gasteiger partial charge is 0.298 e. The molecule has 1 heterocycles. The highest BCUT2D eigenvalue weighted by Gasteiger charge is 2.36. The van der Waals surface area contributed by atoms with E-state index in [1.54, 1.807) is 32.0 Å². The topological polar surface area (TPSA) is 119 Å². The maximum Gasteiger partial charge on any atom is 0.311 e. The van der Waals surface area contributed by atoms with Gasteiger partial charge < -0.3 is 0 Å². The van der Waals surface area contributed by atoms with Gasteiger partial charge in [-0.2, -0.15) is 0 Å². The first-order valence-electron chi connectivity index (χ1n) is 7.78. The normalized spacial score (nSPS) is 19.6. The molecular weight excluding hydrogens is 348 g/mol. The van der Waals surface area contributed by atoms with E-state index in [-0.39, 0.29) is 23.8 Å². The van der Waals surface area contributed by atoms with Crippen LogP contribution in [0.1, 0.15) is 20.3 Å². The van der Waals surface area contributed by atoms with Crippen LogP contribution < -0.4 is 10.2 Å². The summed E-state index contributed by atoms with van der Waals surface area (Å²) in [6, 6.07) is 6.68. The zero-order valence-corrected chi connectivity index (χ0v) is 14.7. The van der Waals surface area contributed by atoms with Gasteiger partial charge >= 0.3 is 5.91 Å². The molecular formula is C16H20N2O6S. The SMILES string of the molecule is CC(C)C(NS(=O)(=O)c1ccccc1)C(=O)CC1CONC(=O)C1=O. The van der Waals surface area contributed by atoms with Crippen molar-refractivity contribution < 1.29 is 27.6 Å². The van der Waals surface area contributed by atoms with Crippen molar-refractivity contribution in [3.8, 4) is 0 Å². The summed E-state index contributed by atoms with van der Waals surface area (Å²) in [5, 5.41) is 0. The zero-order valence-electron chi connectivity index (χ0n) is 13.9. The second-order valence-electron chi connectivity index (χ2n) is 6.13. The van der Waals surface area contributed by atoms with Gasteiger partial charge in [-0.3, -0.25) is 19.2 Å². The Morgan fingerprint density at radius 2 is 1.92 bits per heavy atom. The standard InChI is InChI=1S/C16H20N2O6S/c1-10(2)14(18-25(22,23)12-6-4-3-5-7-12)13(19)8-11-9-24-17-16(21)15(11)20/h3-7,10-11,14,18H,8-9H2,1-2H3,(H,17,21). The van der Waals surface area contributed by atoms with E-state index in [1.165, 1.54) is 12.1 Å². The molecule has 0 saturated carbocycles. The van der Waals surface area contributed by atoms with Crippen LogP contribution in [0.2, 0.25) is 0 Å². The second kappa shape index (κ2) is 7.85. The van der Waals surface area contributed by atoms with Crippen LogP contribution in [-0.2, 0) is 29.2 Å². The first-order valence-corrected chi connectivity index (χ1v) is 9.26. The molecule has 2 atom stereocenters. The van der Waals surface area contributed by atoms with Crippen LogP contribution in [0.15, 0.2) is 35.2 Å². The highest BCUT2D eigenvalue weighted by molar-refractivity contribution is 7.89. The monoisotopic (exact) mass is 368 g/mol. The summed E-state index contributed by atoms with van der Waals surface area (Å²) >= 11 is 0. The summed E-state index contributed by atoms with van der Waals surface area (Å²) in [5.74, 6) is -3.36. The lowest BCUT2D eigenvalue weighted by Gasteiger charge is -2.24. The Morgan fingerprint density at radius 1 is 1.28 bits per heavy atom. The molecule has 0 aromatic heterocycles. The second-order valence-corrected chi connectivity index (χ2v) is 7.84. The molecule has 9 heteroatoms. The molecule has 25 heavy (non-hydrogen) atoms. The third-order valence-corrected chi connectivity index (χ3v) is 5.30. The summed E-state index contributed by atoms with van der Waals surface area (Å²) in [6.45, 7) is 3.27. The molecule has 1 aliphatic heterocycles. The number of benzene rings is 1. The number of rotatable bonds is 7. The summed E-state index contributed by atoms with van der Waals surface area (Å²) in [6.07, 6.45) is -0.271. The first kappa shape index (κ1) is 19.2. The highest BCUT2D eigenvalue weighted by atomic mass is 32.2. The summed E-state index contributed by atoms with van der Waals surface area (Å²) in [4.78, 5) is 40.4. The van der Waals surface area contributed by atoms with Gasteiger partial charge in [0.2, 0.25) is 15.8 Å². The van der Waals surface area contributed by atoms with Crippen molar-refractivity contribution >= 4 is 27.5 Å². The Bertz CT molecular complexity index is 760. The number of ketones is 2. The van der Waals surface area contributed by atoms with Crippen LogP contribution in [0.5, 0.6) is 0 Å². The third-order valence-electron chi connectivity index (χ3n) is 3.84. The fraction of sp³-hybridized carbons (Fsp3) is 0.438. The highest BCUT2D eigenvalue weighted by Crippen LogP contribution is 2.17. The molecule has 0 radical (unpaired) electrons. The number of hydroxylamine groups is 1. The van der Waals surface area contributed by atoms with Gasteiger partial charge in [0.15, 0.2) is 5.78 Å². The van der Waals surface area contributed by atoms with Crippen LogP contribution in [0.3, 0.4) is 0 Å². The number of hydrogen-bond acceptors (Lipinski definition) is 6. The number of nitrogens with one attached hydrogen (secondary N) is 2. The number of sulfonamides is 1. The Kier molecular flexibility index (Phi) is 6.04. The lowest BCUT2D eigenvalue weighted by atomic mass is 9.91.